The molecular weight excluding hydrogens is 530 g/mol. The summed E-state index contributed by atoms with van der Waals surface area (Å²) in [4.78, 5) is 29.0. The van der Waals surface area contributed by atoms with Crippen LogP contribution in [-0.2, 0) is 0 Å². The maximum absolute atomic E-state index is 13.8. The lowest BCUT2D eigenvalue weighted by Crippen LogP contribution is -2.29. The van der Waals surface area contributed by atoms with E-state index in [1.165, 1.54) is 0 Å². The second-order valence-corrected chi connectivity index (χ2v) is 10.3. The van der Waals surface area contributed by atoms with Gasteiger partial charge in [-0.3, -0.25) is 14.5 Å². The van der Waals surface area contributed by atoms with Crippen molar-refractivity contribution in [3.8, 4) is 5.75 Å². The van der Waals surface area contributed by atoms with Gasteiger partial charge >= 0.3 is 0 Å². The van der Waals surface area contributed by atoms with Gasteiger partial charge in [0.1, 0.15) is 11.3 Å². The van der Waals surface area contributed by atoms with Crippen LogP contribution >= 0.6 is 27.5 Å². The Labute approximate surface area is 216 Å². The molecule has 3 aromatic carbocycles. The van der Waals surface area contributed by atoms with Crippen molar-refractivity contribution in [2.75, 3.05) is 11.5 Å². The lowest BCUT2D eigenvalue weighted by atomic mass is 9.98. The maximum Gasteiger partial charge on any atom is 0.295 e. The van der Waals surface area contributed by atoms with Gasteiger partial charge in [0.15, 0.2) is 5.43 Å². The second-order valence-electron chi connectivity index (χ2n) is 8.98. The van der Waals surface area contributed by atoms with Crippen molar-refractivity contribution in [3.63, 3.8) is 0 Å². The van der Waals surface area contributed by atoms with E-state index < -0.39 is 6.04 Å². The predicted octanol–water partition coefficient (Wildman–Crippen LogP) is 7.38. The first kappa shape index (κ1) is 23.6. The van der Waals surface area contributed by atoms with Crippen LogP contribution in [0.25, 0.3) is 11.0 Å². The Balaban J connectivity index is 1.69. The highest BCUT2D eigenvalue weighted by molar-refractivity contribution is 9.10. The minimum atomic E-state index is -0.691. The molecule has 1 aliphatic rings. The summed E-state index contributed by atoms with van der Waals surface area (Å²) in [5, 5.41) is 0.900. The molecule has 1 aromatic heterocycles. The smallest absolute Gasteiger partial charge is 0.295 e. The van der Waals surface area contributed by atoms with E-state index in [1.54, 1.807) is 47.4 Å². The predicted molar refractivity (Wildman–Crippen MR) is 142 cm³/mol. The molecule has 0 saturated carbocycles. The highest BCUT2D eigenvalue weighted by Gasteiger charge is 2.43. The number of hydrogen-bond donors (Lipinski definition) is 0. The number of fused-ring (bicyclic) bond motifs is 2. The summed E-state index contributed by atoms with van der Waals surface area (Å²) in [6.45, 7) is 4.87. The first-order valence-corrected chi connectivity index (χ1v) is 12.6. The van der Waals surface area contributed by atoms with Gasteiger partial charge in [-0.2, -0.15) is 0 Å². The quantitative estimate of drug-likeness (QED) is 0.250. The standard InChI is InChI=1S/C28H23BrClNO4/c1-16(2)11-12-34-21-8-3-5-17(13-21)25-24-26(32)22-14-18(29)9-10-23(22)35-27(24)28(33)31(25)20-7-4-6-19(30)15-20/h3-10,13-16,25H,11-12H2,1-2H3. The van der Waals surface area contributed by atoms with Crippen LogP contribution in [0, 0.1) is 5.92 Å². The van der Waals surface area contributed by atoms with Gasteiger partial charge in [0, 0.05) is 15.2 Å². The van der Waals surface area contributed by atoms with Crippen molar-refractivity contribution < 1.29 is 13.9 Å². The molecule has 7 heteroatoms. The number of ether oxygens (including phenoxy) is 1. The minimum absolute atomic E-state index is 0.0425. The highest BCUT2D eigenvalue weighted by Crippen LogP contribution is 2.42. The number of nitrogens with zero attached hydrogens (tertiary/aromatic N) is 1. The summed E-state index contributed by atoms with van der Waals surface area (Å²) >= 11 is 9.70. The van der Waals surface area contributed by atoms with Crippen LogP contribution in [0.4, 0.5) is 5.69 Å². The zero-order valence-electron chi connectivity index (χ0n) is 19.3. The van der Waals surface area contributed by atoms with Crippen LogP contribution < -0.4 is 15.1 Å². The molecule has 0 aliphatic carbocycles. The molecule has 4 aromatic rings. The fraction of sp³-hybridized carbons (Fsp3) is 0.214. The first-order chi connectivity index (χ1) is 16.8. The topological polar surface area (TPSA) is 59.8 Å². The van der Waals surface area contributed by atoms with Crippen molar-refractivity contribution in [2.24, 2.45) is 5.92 Å². The monoisotopic (exact) mass is 551 g/mol. The number of benzene rings is 3. The van der Waals surface area contributed by atoms with E-state index in [9.17, 15) is 9.59 Å². The molecule has 0 saturated heterocycles. The molecule has 1 aliphatic heterocycles. The molecule has 0 spiro atoms. The molecule has 0 fully saturated rings. The van der Waals surface area contributed by atoms with E-state index in [-0.39, 0.29) is 17.1 Å². The Hall–Kier alpha value is -3.09. The molecule has 5 nitrogen and oxygen atoms in total. The third-order valence-corrected chi connectivity index (χ3v) is 6.78. The zero-order chi connectivity index (χ0) is 24.7. The molecule has 1 atom stereocenters. The summed E-state index contributed by atoms with van der Waals surface area (Å²) in [5.74, 6) is 0.859. The molecule has 0 bridgehead atoms. The van der Waals surface area contributed by atoms with E-state index >= 15 is 0 Å². The lowest BCUT2D eigenvalue weighted by molar-refractivity contribution is 0.0971. The number of carbonyl (C=O) groups excluding carboxylic acids is 1. The van der Waals surface area contributed by atoms with E-state index in [1.807, 2.05) is 24.3 Å². The number of halogens is 2. The van der Waals surface area contributed by atoms with Gasteiger partial charge in [0.25, 0.3) is 5.91 Å². The molecule has 1 unspecified atom stereocenters. The Kier molecular flexibility index (Phi) is 6.43. The van der Waals surface area contributed by atoms with Crippen LogP contribution in [0.3, 0.4) is 0 Å². The van der Waals surface area contributed by atoms with Crippen molar-refractivity contribution in [3.05, 3.63) is 103 Å². The number of hydrogen-bond acceptors (Lipinski definition) is 4. The number of carbonyl (C=O) groups is 1. The van der Waals surface area contributed by atoms with E-state index in [0.29, 0.717) is 45.5 Å². The number of amides is 1. The Morgan fingerprint density at radius 3 is 2.63 bits per heavy atom. The largest absolute Gasteiger partial charge is 0.494 e. The molecule has 178 valence electrons. The molecular formula is C28H23BrClNO4. The van der Waals surface area contributed by atoms with Crippen LogP contribution in [0.15, 0.2) is 80.4 Å². The van der Waals surface area contributed by atoms with Gasteiger partial charge in [-0.1, -0.05) is 59.6 Å². The van der Waals surface area contributed by atoms with Crippen LogP contribution in [0.1, 0.15) is 48.0 Å². The molecule has 5 rings (SSSR count). The van der Waals surface area contributed by atoms with E-state index in [4.69, 9.17) is 20.8 Å². The molecule has 1 amide bonds. The van der Waals surface area contributed by atoms with Crippen LogP contribution in [0.2, 0.25) is 5.02 Å². The molecule has 35 heavy (non-hydrogen) atoms. The van der Waals surface area contributed by atoms with Crippen LogP contribution in [-0.4, -0.2) is 12.5 Å². The van der Waals surface area contributed by atoms with Gasteiger partial charge in [-0.25, -0.2) is 0 Å². The van der Waals surface area contributed by atoms with Crippen molar-refractivity contribution in [1.82, 2.24) is 0 Å². The van der Waals surface area contributed by atoms with Gasteiger partial charge in [-0.05, 0) is 66.4 Å². The van der Waals surface area contributed by atoms with Gasteiger partial charge in [0.05, 0.1) is 23.6 Å². The fourth-order valence-electron chi connectivity index (χ4n) is 4.34. The summed E-state index contributed by atoms with van der Waals surface area (Å²) < 4.78 is 12.8. The lowest BCUT2D eigenvalue weighted by Gasteiger charge is -2.25. The average molecular weight is 553 g/mol. The average Bonchev–Trinajstić information content (AvgIpc) is 3.12. The molecule has 2 heterocycles. The minimum Gasteiger partial charge on any atom is -0.494 e. The van der Waals surface area contributed by atoms with E-state index in [2.05, 4.69) is 29.8 Å². The van der Waals surface area contributed by atoms with Crippen molar-refractivity contribution in [2.45, 2.75) is 26.3 Å². The third-order valence-electron chi connectivity index (χ3n) is 6.06. The van der Waals surface area contributed by atoms with Gasteiger partial charge in [-0.15, -0.1) is 0 Å². The van der Waals surface area contributed by atoms with E-state index in [0.717, 1.165) is 16.5 Å². The maximum atomic E-state index is 13.8. The summed E-state index contributed by atoms with van der Waals surface area (Å²) in [6, 6.07) is 19.1. The Morgan fingerprint density at radius 2 is 1.86 bits per heavy atom. The van der Waals surface area contributed by atoms with Crippen molar-refractivity contribution >= 4 is 50.1 Å². The van der Waals surface area contributed by atoms with Gasteiger partial charge < -0.3 is 9.15 Å². The zero-order valence-corrected chi connectivity index (χ0v) is 21.6. The summed E-state index contributed by atoms with van der Waals surface area (Å²) in [7, 11) is 0. The Morgan fingerprint density at radius 1 is 1.06 bits per heavy atom. The normalized spacial score (nSPS) is 15.2. The summed E-state index contributed by atoms with van der Waals surface area (Å²) in [6.07, 6.45) is 0.925. The number of anilines is 1. The van der Waals surface area contributed by atoms with Gasteiger partial charge in [0.2, 0.25) is 5.76 Å². The van der Waals surface area contributed by atoms with Crippen LogP contribution in [0.5, 0.6) is 5.75 Å². The molecule has 0 radical (unpaired) electrons. The van der Waals surface area contributed by atoms with Crippen molar-refractivity contribution in [1.29, 1.82) is 0 Å². The summed E-state index contributed by atoms with van der Waals surface area (Å²) in [5.41, 5.74) is 1.76. The SMILES string of the molecule is CC(C)CCOc1cccc(C2c3c(oc4ccc(Br)cc4c3=O)C(=O)N2c2cccc(Cl)c2)c1. The second kappa shape index (κ2) is 9.51. The third kappa shape index (κ3) is 4.48. The molecule has 0 N–H and O–H groups in total. The highest BCUT2D eigenvalue weighted by atomic mass is 79.9. The fourth-order valence-corrected chi connectivity index (χ4v) is 4.89. The first-order valence-electron chi connectivity index (χ1n) is 11.4. The Bertz CT molecular complexity index is 1500. The number of rotatable bonds is 6.